The molecule has 0 aromatic heterocycles. The van der Waals surface area contributed by atoms with Gasteiger partial charge in [-0.15, -0.1) is 0 Å². The van der Waals surface area contributed by atoms with Crippen LogP contribution in [-0.4, -0.2) is 6.04 Å². The maximum Gasteiger partial charge on any atom is 0.0246 e. The van der Waals surface area contributed by atoms with Crippen LogP contribution < -0.4 is 5.73 Å². The van der Waals surface area contributed by atoms with Gasteiger partial charge in [-0.3, -0.25) is 0 Å². The van der Waals surface area contributed by atoms with Crippen molar-refractivity contribution in [2.45, 2.75) is 59.9 Å². The third-order valence-corrected chi connectivity index (χ3v) is 5.04. The molecule has 3 atom stereocenters. The highest BCUT2D eigenvalue weighted by molar-refractivity contribution is 6.30. The molecule has 0 amide bonds. The molecule has 1 rings (SSSR count). The van der Waals surface area contributed by atoms with E-state index in [-0.39, 0.29) is 11.5 Å². The molecule has 0 bridgehead atoms. The molecule has 0 aromatic rings. The summed E-state index contributed by atoms with van der Waals surface area (Å²) in [6, 6.07) is 0.272. The third kappa shape index (κ3) is 2.77. The van der Waals surface area contributed by atoms with Crippen LogP contribution >= 0.6 is 11.6 Å². The van der Waals surface area contributed by atoms with Gasteiger partial charge < -0.3 is 5.73 Å². The first kappa shape index (κ1) is 14.8. The van der Waals surface area contributed by atoms with Crippen LogP contribution in [0.2, 0.25) is 0 Å². The summed E-state index contributed by atoms with van der Waals surface area (Å²) in [4.78, 5) is 0. The van der Waals surface area contributed by atoms with Crippen molar-refractivity contribution in [2.24, 2.45) is 17.1 Å². The van der Waals surface area contributed by atoms with Crippen LogP contribution in [0.3, 0.4) is 0 Å². The van der Waals surface area contributed by atoms with E-state index in [4.69, 9.17) is 17.3 Å². The Labute approximate surface area is 111 Å². The van der Waals surface area contributed by atoms with E-state index >= 15 is 0 Å². The Hall–Kier alpha value is -0.270. The zero-order valence-corrected chi connectivity index (χ0v) is 12.6. The van der Waals surface area contributed by atoms with Gasteiger partial charge in [-0.1, -0.05) is 56.5 Å². The molecule has 0 saturated carbocycles. The number of halogens is 1. The molecule has 0 spiro atoms. The summed E-state index contributed by atoms with van der Waals surface area (Å²) in [5, 5.41) is 0.999. The Balaban J connectivity index is 3.09. The van der Waals surface area contributed by atoms with Crippen molar-refractivity contribution >= 4 is 11.6 Å². The molecule has 0 heterocycles. The highest BCUT2D eigenvalue weighted by Crippen LogP contribution is 2.48. The molecule has 2 heteroatoms. The molecule has 17 heavy (non-hydrogen) atoms. The van der Waals surface area contributed by atoms with Crippen LogP contribution in [0.5, 0.6) is 0 Å². The van der Waals surface area contributed by atoms with Crippen molar-refractivity contribution in [1.82, 2.24) is 0 Å². The monoisotopic (exact) mass is 255 g/mol. The smallest absolute Gasteiger partial charge is 0.0246 e. The van der Waals surface area contributed by atoms with Gasteiger partial charge >= 0.3 is 0 Å². The number of allylic oxidation sites excluding steroid dienone is 3. The van der Waals surface area contributed by atoms with Crippen LogP contribution in [0.1, 0.15) is 53.9 Å². The molecule has 2 N–H and O–H groups in total. The van der Waals surface area contributed by atoms with E-state index in [0.29, 0.717) is 5.92 Å². The molecule has 0 fully saturated rings. The molecular weight excluding hydrogens is 230 g/mol. The molecule has 0 aliphatic heterocycles. The minimum Gasteiger partial charge on any atom is -0.327 e. The van der Waals surface area contributed by atoms with E-state index in [2.05, 4.69) is 40.7 Å². The number of hydrogen-bond acceptors (Lipinski definition) is 1. The number of hydrogen-bond donors (Lipinski definition) is 1. The van der Waals surface area contributed by atoms with Crippen LogP contribution in [0.15, 0.2) is 22.3 Å². The van der Waals surface area contributed by atoms with Crippen molar-refractivity contribution in [3.05, 3.63) is 22.3 Å². The normalized spacial score (nSPS) is 31.5. The molecular formula is C15H26ClN. The molecule has 1 aliphatic carbocycles. The van der Waals surface area contributed by atoms with Gasteiger partial charge in [-0.2, -0.15) is 0 Å². The second-order valence-electron chi connectivity index (χ2n) is 5.51. The lowest BCUT2D eigenvalue weighted by Gasteiger charge is -2.38. The Morgan fingerprint density at radius 3 is 2.53 bits per heavy atom. The molecule has 98 valence electrons. The average Bonchev–Trinajstić information content (AvgIpc) is 2.31. The summed E-state index contributed by atoms with van der Waals surface area (Å²) >= 11 is 6.45. The zero-order valence-electron chi connectivity index (χ0n) is 11.8. The highest BCUT2D eigenvalue weighted by Gasteiger charge is 2.35. The summed E-state index contributed by atoms with van der Waals surface area (Å²) < 4.78 is 0. The minimum absolute atomic E-state index is 0.0247. The lowest BCUT2D eigenvalue weighted by atomic mass is 9.70. The molecule has 0 radical (unpaired) electrons. The van der Waals surface area contributed by atoms with Crippen molar-refractivity contribution < 1.29 is 0 Å². The standard InChI is InChI=1S/C15H26ClN/c1-6-12(17)9-13-10(3)8-14(16)15(5,7-2)11(13)4/h8,10,12H,6-7,9,17H2,1-5H3. The fourth-order valence-electron chi connectivity index (χ4n) is 2.58. The average molecular weight is 256 g/mol. The van der Waals surface area contributed by atoms with Crippen LogP contribution in [0, 0.1) is 11.3 Å². The summed E-state index contributed by atoms with van der Waals surface area (Å²) in [5.41, 5.74) is 9.06. The lowest BCUT2D eigenvalue weighted by Crippen LogP contribution is -2.28. The Kier molecular flexibility index (Phi) is 4.86. The van der Waals surface area contributed by atoms with Crippen molar-refractivity contribution in [2.75, 3.05) is 0 Å². The molecule has 1 nitrogen and oxygen atoms in total. The van der Waals surface area contributed by atoms with Gasteiger partial charge in [0.15, 0.2) is 0 Å². The molecule has 0 saturated heterocycles. The summed E-state index contributed by atoms with van der Waals surface area (Å²) in [6.45, 7) is 11.0. The number of rotatable bonds is 4. The predicted octanol–water partition coefficient (Wildman–Crippen LogP) is 4.62. The Morgan fingerprint density at radius 1 is 1.47 bits per heavy atom. The SMILES string of the molecule is CCC(N)CC1=C(C)C(C)(CC)C(Cl)=CC1C. The zero-order chi connectivity index (χ0) is 13.2. The van der Waals surface area contributed by atoms with E-state index in [1.165, 1.54) is 11.1 Å². The van der Waals surface area contributed by atoms with Gasteiger partial charge in [0, 0.05) is 16.5 Å². The highest BCUT2D eigenvalue weighted by atomic mass is 35.5. The number of nitrogens with two attached hydrogens (primary N) is 1. The maximum absolute atomic E-state index is 6.45. The fourth-order valence-corrected chi connectivity index (χ4v) is 3.04. The largest absolute Gasteiger partial charge is 0.327 e. The summed E-state index contributed by atoms with van der Waals surface area (Å²) in [7, 11) is 0. The molecule has 0 aromatic carbocycles. The molecule has 1 aliphatic rings. The summed E-state index contributed by atoms with van der Waals surface area (Å²) in [6.07, 6.45) is 5.28. The minimum atomic E-state index is 0.0247. The predicted molar refractivity (Wildman–Crippen MR) is 77.1 cm³/mol. The van der Waals surface area contributed by atoms with Gasteiger partial charge in [0.05, 0.1) is 0 Å². The first-order valence-electron chi connectivity index (χ1n) is 6.70. The van der Waals surface area contributed by atoms with Crippen LogP contribution in [0.25, 0.3) is 0 Å². The van der Waals surface area contributed by atoms with E-state index in [9.17, 15) is 0 Å². The maximum atomic E-state index is 6.45. The topological polar surface area (TPSA) is 26.0 Å². The quantitative estimate of drug-likeness (QED) is 0.729. The van der Waals surface area contributed by atoms with Gasteiger partial charge in [0.1, 0.15) is 0 Å². The van der Waals surface area contributed by atoms with Crippen LogP contribution in [-0.2, 0) is 0 Å². The second-order valence-corrected chi connectivity index (χ2v) is 5.92. The van der Waals surface area contributed by atoms with Crippen molar-refractivity contribution in [1.29, 1.82) is 0 Å². The summed E-state index contributed by atoms with van der Waals surface area (Å²) in [5.74, 6) is 0.430. The van der Waals surface area contributed by atoms with Crippen molar-refractivity contribution in [3.63, 3.8) is 0 Å². The van der Waals surface area contributed by atoms with Gasteiger partial charge in [0.25, 0.3) is 0 Å². The van der Waals surface area contributed by atoms with Gasteiger partial charge in [-0.05, 0) is 32.1 Å². The van der Waals surface area contributed by atoms with E-state index in [1.807, 2.05) is 0 Å². The second kappa shape index (κ2) is 5.58. The third-order valence-electron chi connectivity index (χ3n) is 4.50. The Bertz CT molecular complexity index is 343. The van der Waals surface area contributed by atoms with Crippen LogP contribution in [0.4, 0.5) is 0 Å². The first-order chi connectivity index (χ1) is 7.86. The van der Waals surface area contributed by atoms with Gasteiger partial charge in [-0.25, -0.2) is 0 Å². The van der Waals surface area contributed by atoms with Gasteiger partial charge in [0.2, 0.25) is 0 Å². The van der Waals surface area contributed by atoms with E-state index in [0.717, 1.165) is 24.3 Å². The van der Waals surface area contributed by atoms with E-state index < -0.39 is 0 Å². The van der Waals surface area contributed by atoms with Crippen molar-refractivity contribution in [3.8, 4) is 0 Å². The lowest BCUT2D eigenvalue weighted by molar-refractivity contribution is 0.446. The molecule has 3 unspecified atom stereocenters. The fraction of sp³-hybridized carbons (Fsp3) is 0.733. The van der Waals surface area contributed by atoms with E-state index in [1.54, 1.807) is 0 Å². The Morgan fingerprint density at radius 2 is 2.06 bits per heavy atom. The first-order valence-corrected chi connectivity index (χ1v) is 7.08.